The zero-order valence-electron chi connectivity index (χ0n) is 16.1. The average molecular weight is 457 g/mol. The zero-order valence-corrected chi connectivity index (χ0v) is 18.4. The van der Waals surface area contributed by atoms with Gasteiger partial charge in [0.05, 0.1) is 20.2 Å². The number of nitrogens with zero attached hydrogens (tertiary/aromatic N) is 1. The Balaban J connectivity index is 1.37. The smallest absolute Gasteiger partial charge is 0.265 e. The van der Waals surface area contributed by atoms with Crippen LogP contribution in [0.1, 0.15) is 17.5 Å². The number of fused-ring (bicyclic) bond motifs is 1. The molecule has 4 nitrogen and oxygen atoms in total. The van der Waals surface area contributed by atoms with Crippen LogP contribution in [-0.2, 0) is 11.2 Å². The molecular formula is C23H18Cl2N2O2S. The molecule has 1 unspecified atom stereocenters. The molecule has 4 aromatic rings. The van der Waals surface area contributed by atoms with Gasteiger partial charge < -0.3 is 10.1 Å². The number of halogens is 2. The standard InChI is InChI=1S/C23H18Cl2N2O2S/c1-14(29-20-11-8-16(24)13-18(20)25)23(28)26-17-9-6-15(7-10-17)12-22-27-19-4-2-3-5-21(19)30-22/h2-11,13-14H,12H2,1H3,(H,26,28). The van der Waals surface area contributed by atoms with Crippen LogP contribution in [0.15, 0.2) is 66.7 Å². The van der Waals surface area contributed by atoms with E-state index < -0.39 is 6.10 Å². The fourth-order valence-corrected chi connectivity index (χ4v) is 4.39. The van der Waals surface area contributed by atoms with Gasteiger partial charge in [0.25, 0.3) is 5.91 Å². The van der Waals surface area contributed by atoms with E-state index in [1.54, 1.807) is 36.5 Å². The summed E-state index contributed by atoms with van der Waals surface area (Å²) < 4.78 is 6.84. The lowest BCUT2D eigenvalue weighted by molar-refractivity contribution is -0.122. The molecule has 0 aliphatic heterocycles. The van der Waals surface area contributed by atoms with Crippen molar-refractivity contribution in [2.24, 2.45) is 0 Å². The van der Waals surface area contributed by atoms with Crippen molar-refractivity contribution in [3.05, 3.63) is 87.3 Å². The number of benzene rings is 3. The molecule has 7 heteroatoms. The van der Waals surface area contributed by atoms with Crippen LogP contribution < -0.4 is 10.1 Å². The van der Waals surface area contributed by atoms with Gasteiger partial charge in [0.15, 0.2) is 6.10 Å². The van der Waals surface area contributed by atoms with Gasteiger partial charge in [-0.2, -0.15) is 0 Å². The van der Waals surface area contributed by atoms with Crippen molar-refractivity contribution in [3.8, 4) is 5.75 Å². The molecule has 1 atom stereocenters. The van der Waals surface area contributed by atoms with Gasteiger partial charge in [-0.3, -0.25) is 4.79 Å². The third-order valence-electron chi connectivity index (χ3n) is 4.48. The normalized spacial score (nSPS) is 12.0. The molecule has 1 heterocycles. The van der Waals surface area contributed by atoms with E-state index in [1.165, 1.54) is 4.70 Å². The first-order valence-corrected chi connectivity index (χ1v) is 10.9. The molecule has 0 aliphatic rings. The molecule has 0 spiro atoms. The summed E-state index contributed by atoms with van der Waals surface area (Å²) in [6, 6.07) is 20.7. The fourth-order valence-electron chi connectivity index (χ4n) is 2.93. The van der Waals surface area contributed by atoms with E-state index in [1.807, 2.05) is 42.5 Å². The van der Waals surface area contributed by atoms with Crippen LogP contribution >= 0.6 is 34.5 Å². The summed E-state index contributed by atoms with van der Waals surface area (Å²) in [6.07, 6.45) is 0.0356. The quantitative estimate of drug-likeness (QED) is 0.355. The maximum absolute atomic E-state index is 12.5. The number of nitrogens with one attached hydrogen (secondary N) is 1. The Hall–Kier alpha value is -2.60. The summed E-state index contributed by atoms with van der Waals surface area (Å²) >= 11 is 13.7. The highest BCUT2D eigenvalue weighted by molar-refractivity contribution is 7.18. The third kappa shape index (κ3) is 4.93. The summed E-state index contributed by atoms with van der Waals surface area (Å²) in [5, 5.41) is 4.80. The predicted octanol–water partition coefficient (Wildman–Crippen LogP) is 6.60. The molecule has 1 aromatic heterocycles. The molecule has 0 saturated carbocycles. The van der Waals surface area contributed by atoms with Gasteiger partial charge in [0, 0.05) is 17.1 Å². The molecule has 0 aliphatic carbocycles. The number of aromatic nitrogens is 1. The minimum Gasteiger partial charge on any atom is -0.479 e. The third-order valence-corrected chi connectivity index (χ3v) is 6.05. The van der Waals surface area contributed by atoms with Gasteiger partial charge in [-0.05, 0) is 55.0 Å². The summed E-state index contributed by atoms with van der Waals surface area (Å²) in [4.78, 5) is 17.1. The van der Waals surface area contributed by atoms with Crippen LogP contribution in [0.5, 0.6) is 5.75 Å². The van der Waals surface area contributed by atoms with Crippen LogP contribution in [0.25, 0.3) is 10.2 Å². The maximum Gasteiger partial charge on any atom is 0.265 e. The van der Waals surface area contributed by atoms with E-state index in [0.29, 0.717) is 21.5 Å². The number of hydrogen-bond donors (Lipinski definition) is 1. The van der Waals surface area contributed by atoms with Crippen LogP contribution in [0.3, 0.4) is 0 Å². The Morgan fingerprint density at radius 3 is 2.60 bits per heavy atom. The van der Waals surface area contributed by atoms with Crippen LogP contribution in [0.2, 0.25) is 10.0 Å². The van der Waals surface area contributed by atoms with Gasteiger partial charge in [-0.15, -0.1) is 11.3 Å². The van der Waals surface area contributed by atoms with E-state index >= 15 is 0 Å². The number of carbonyl (C=O) groups excluding carboxylic acids is 1. The van der Waals surface area contributed by atoms with E-state index in [9.17, 15) is 4.79 Å². The van der Waals surface area contributed by atoms with Crippen molar-refractivity contribution in [2.45, 2.75) is 19.4 Å². The Morgan fingerprint density at radius 1 is 1.10 bits per heavy atom. The van der Waals surface area contributed by atoms with Crippen LogP contribution in [0, 0.1) is 0 Å². The van der Waals surface area contributed by atoms with Gasteiger partial charge in [-0.1, -0.05) is 47.5 Å². The highest BCUT2D eigenvalue weighted by Gasteiger charge is 2.16. The van der Waals surface area contributed by atoms with E-state index in [-0.39, 0.29) is 5.91 Å². The number of ether oxygens (including phenoxy) is 1. The Bertz CT molecular complexity index is 1160. The predicted molar refractivity (Wildman–Crippen MR) is 124 cm³/mol. The molecule has 1 N–H and O–H groups in total. The lowest BCUT2D eigenvalue weighted by Crippen LogP contribution is -2.30. The zero-order chi connectivity index (χ0) is 21.1. The summed E-state index contributed by atoms with van der Waals surface area (Å²) in [7, 11) is 0. The molecule has 3 aromatic carbocycles. The molecular weight excluding hydrogens is 439 g/mol. The van der Waals surface area contributed by atoms with Gasteiger partial charge >= 0.3 is 0 Å². The second-order valence-electron chi connectivity index (χ2n) is 6.77. The first-order chi connectivity index (χ1) is 14.5. The van der Waals surface area contributed by atoms with Gasteiger partial charge in [0.2, 0.25) is 0 Å². The van der Waals surface area contributed by atoms with Crippen LogP contribution in [0.4, 0.5) is 5.69 Å². The topological polar surface area (TPSA) is 51.2 Å². The van der Waals surface area contributed by atoms with E-state index in [4.69, 9.17) is 27.9 Å². The SMILES string of the molecule is CC(Oc1ccc(Cl)cc1Cl)C(=O)Nc1ccc(Cc2nc3ccccc3s2)cc1. The van der Waals surface area contributed by atoms with Crippen molar-refractivity contribution in [2.75, 3.05) is 5.32 Å². The van der Waals surface area contributed by atoms with E-state index in [2.05, 4.69) is 16.4 Å². The van der Waals surface area contributed by atoms with Gasteiger partial charge in [-0.25, -0.2) is 4.98 Å². The highest BCUT2D eigenvalue weighted by atomic mass is 35.5. The molecule has 0 fully saturated rings. The molecule has 0 saturated heterocycles. The molecule has 4 rings (SSSR count). The summed E-state index contributed by atoms with van der Waals surface area (Å²) in [5.74, 6) is 0.148. The largest absolute Gasteiger partial charge is 0.479 e. The number of para-hydroxylation sites is 1. The van der Waals surface area contributed by atoms with Crippen LogP contribution in [-0.4, -0.2) is 17.0 Å². The lowest BCUT2D eigenvalue weighted by atomic mass is 10.1. The molecule has 30 heavy (non-hydrogen) atoms. The summed E-state index contributed by atoms with van der Waals surface area (Å²) in [6.45, 7) is 1.67. The molecule has 0 bridgehead atoms. The molecule has 1 amide bonds. The number of rotatable bonds is 6. The molecule has 0 radical (unpaired) electrons. The number of hydrogen-bond acceptors (Lipinski definition) is 4. The monoisotopic (exact) mass is 456 g/mol. The first-order valence-electron chi connectivity index (χ1n) is 9.34. The number of carbonyl (C=O) groups is 1. The second-order valence-corrected chi connectivity index (χ2v) is 8.73. The lowest BCUT2D eigenvalue weighted by Gasteiger charge is -2.16. The average Bonchev–Trinajstić information content (AvgIpc) is 3.13. The Labute approximate surface area is 188 Å². The Morgan fingerprint density at radius 2 is 1.87 bits per heavy atom. The minimum atomic E-state index is -0.717. The maximum atomic E-state index is 12.5. The van der Waals surface area contributed by atoms with Crippen molar-refractivity contribution in [3.63, 3.8) is 0 Å². The van der Waals surface area contributed by atoms with Gasteiger partial charge in [0.1, 0.15) is 5.75 Å². The first kappa shape index (κ1) is 20.7. The van der Waals surface area contributed by atoms with Crippen molar-refractivity contribution in [1.29, 1.82) is 0 Å². The van der Waals surface area contributed by atoms with Crippen molar-refractivity contribution >= 4 is 56.3 Å². The van der Waals surface area contributed by atoms with Crippen molar-refractivity contribution < 1.29 is 9.53 Å². The number of thiazole rings is 1. The second kappa shape index (κ2) is 9.04. The van der Waals surface area contributed by atoms with Crippen molar-refractivity contribution in [1.82, 2.24) is 4.98 Å². The Kier molecular flexibility index (Phi) is 6.23. The summed E-state index contributed by atoms with van der Waals surface area (Å²) in [5.41, 5.74) is 2.85. The number of anilines is 1. The van der Waals surface area contributed by atoms with E-state index in [0.717, 1.165) is 22.5 Å². The fraction of sp³-hybridized carbons (Fsp3) is 0.130. The minimum absolute atomic E-state index is 0.264. The highest BCUT2D eigenvalue weighted by Crippen LogP contribution is 2.28. The number of amides is 1. The molecule has 152 valence electrons.